The van der Waals surface area contributed by atoms with Crippen LogP contribution >= 0.6 is 11.6 Å². The fourth-order valence-corrected chi connectivity index (χ4v) is 4.91. The minimum atomic E-state index is -3.86. The number of aryl methyl sites for hydroxylation is 2. The first-order valence-electron chi connectivity index (χ1n) is 7.94. The quantitative estimate of drug-likeness (QED) is 0.734. The van der Waals surface area contributed by atoms with Crippen molar-refractivity contribution in [2.45, 2.75) is 23.6 Å². The number of hydrogen-bond donors (Lipinski definition) is 1. The fraction of sp³-hybridized carbons (Fsp3) is 0.294. The monoisotopic (exact) mass is 393 g/mol. The van der Waals surface area contributed by atoms with Gasteiger partial charge in [-0.2, -0.15) is 0 Å². The Labute approximate surface area is 157 Å². The van der Waals surface area contributed by atoms with Crippen LogP contribution in [-0.4, -0.2) is 44.2 Å². The van der Waals surface area contributed by atoms with Crippen LogP contribution in [0.1, 0.15) is 11.4 Å². The number of nitrogens with zero attached hydrogens (tertiary/aromatic N) is 4. The zero-order valence-corrected chi connectivity index (χ0v) is 16.8. The molecule has 2 heterocycles. The summed E-state index contributed by atoms with van der Waals surface area (Å²) in [6.45, 7) is 3.74. The predicted octanol–water partition coefficient (Wildman–Crippen LogP) is 2.94. The summed E-state index contributed by atoms with van der Waals surface area (Å²) in [5.41, 5.74) is 2.72. The highest BCUT2D eigenvalue weighted by Gasteiger charge is 2.30. The minimum Gasteiger partial charge on any atom is -0.375 e. The first-order chi connectivity index (χ1) is 12.2. The molecule has 0 fully saturated rings. The van der Waals surface area contributed by atoms with Gasteiger partial charge in [0.15, 0.2) is 16.4 Å². The van der Waals surface area contributed by atoms with Crippen LogP contribution in [0.4, 0.5) is 11.5 Å². The molecule has 3 aromatic rings. The summed E-state index contributed by atoms with van der Waals surface area (Å²) in [6, 6.07) is 6.17. The highest BCUT2D eigenvalue weighted by Crippen LogP contribution is 2.34. The number of benzene rings is 1. The van der Waals surface area contributed by atoms with E-state index in [2.05, 4.69) is 15.4 Å². The topological polar surface area (TPSA) is 79.6 Å². The Balaban J connectivity index is 2.40. The molecule has 1 aromatic carbocycles. The maximum absolute atomic E-state index is 13.3. The van der Waals surface area contributed by atoms with Gasteiger partial charge in [-0.05, 0) is 32.0 Å². The predicted molar refractivity (Wildman–Crippen MR) is 103 cm³/mol. The van der Waals surface area contributed by atoms with Crippen LogP contribution in [0.3, 0.4) is 0 Å². The van der Waals surface area contributed by atoms with Gasteiger partial charge in [-0.15, -0.1) is 5.10 Å². The van der Waals surface area contributed by atoms with Crippen molar-refractivity contribution >= 4 is 38.6 Å². The lowest BCUT2D eigenvalue weighted by atomic mass is 10.2. The summed E-state index contributed by atoms with van der Waals surface area (Å²) in [5.74, 6) is 0.246. The largest absolute Gasteiger partial charge is 0.375 e. The highest BCUT2D eigenvalue weighted by molar-refractivity contribution is 7.91. The first-order valence-corrected chi connectivity index (χ1v) is 9.80. The minimum absolute atomic E-state index is 0.0405. The number of fused-ring (bicyclic) bond motifs is 1. The fourth-order valence-electron chi connectivity index (χ4n) is 3.11. The van der Waals surface area contributed by atoms with Gasteiger partial charge in [0.1, 0.15) is 0 Å². The van der Waals surface area contributed by atoms with Crippen LogP contribution in [0.5, 0.6) is 0 Å². The molecule has 0 spiro atoms. The smallest absolute Gasteiger partial charge is 0.214 e. The third kappa shape index (κ3) is 2.79. The van der Waals surface area contributed by atoms with Gasteiger partial charge >= 0.3 is 0 Å². The van der Waals surface area contributed by atoms with Crippen molar-refractivity contribution in [2.24, 2.45) is 0 Å². The van der Waals surface area contributed by atoms with E-state index in [1.807, 2.05) is 32.8 Å². The van der Waals surface area contributed by atoms with Gasteiger partial charge in [0, 0.05) is 26.2 Å². The lowest BCUT2D eigenvalue weighted by molar-refractivity contribution is 0.597. The van der Waals surface area contributed by atoms with Gasteiger partial charge < -0.3 is 10.2 Å². The summed E-state index contributed by atoms with van der Waals surface area (Å²) in [7, 11) is 1.60. The van der Waals surface area contributed by atoms with Crippen LogP contribution in [-0.2, 0) is 9.84 Å². The van der Waals surface area contributed by atoms with E-state index in [1.54, 1.807) is 23.7 Å². The summed E-state index contributed by atoms with van der Waals surface area (Å²) < 4.78 is 28.1. The standard InChI is InChI=1S/C17H20ClN5O2S/c1-10-14(22(4)5)11(2)23-17(20-10)15(16(19-3)21-23)26(24,25)13-8-6-7-12(18)9-13/h6-9H,1-5H3,(H,19,21). The number of hydrogen-bond acceptors (Lipinski definition) is 6. The zero-order chi connectivity index (χ0) is 19.2. The van der Waals surface area contributed by atoms with E-state index in [4.69, 9.17) is 11.6 Å². The molecule has 2 aromatic heterocycles. The summed E-state index contributed by atoms with van der Waals surface area (Å²) in [4.78, 5) is 6.62. The molecular weight excluding hydrogens is 374 g/mol. The van der Waals surface area contributed by atoms with Crippen molar-refractivity contribution in [1.29, 1.82) is 0 Å². The van der Waals surface area contributed by atoms with Crippen molar-refractivity contribution in [1.82, 2.24) is 14.6 Å². The molecule has 3 rings (SSSR count). The summed E-state index contributed by atoms with van der Waals surface area (Å²) in [5, 5.41) is 7.66. The second kappa shape index (κ2) is 6.44. The van der Waals surface area contributed by atoms with Crippen molar-refractivity contribution in [3.05, 3.63) is 40.7 Å². The number of aromatic nitrogens is 3. The maximum Gasteiger partial charge on any atom is 0.214 e. The number of anilines is 2. The molecule has 0 atom stereocenters. The van der Waals surface area contributed by atoms with Crippen molar-refractivity contribution in [3.8, 4) is 0 Å². The molecule has 0 bridgehead atoms. The van der Waals surface area contributed by atoms with Gasteiger partial charge in [0.2, 0.25) is 9.84 Å². The molecule has 0 aliphatic heterocycles. The number of nitrogens with one attached hydrogen (secondary N) is 1. The van der Waals surface area contributed by atoms with Gasteiger partial charge in [0.25, 0.3) is 0 Å². The van der Waals surface area contributed by atoms with Crippen molar-refractivity contribution in [2.75, 3.05) is 31.4 Å². The molecule has 138 valence electrons. The lowest BCUT2D eigenvalue weighted by Gasteiger charge is -2.18. The third-order valence-corrected chi connectivity index (χ3v) is 6.18. The normalized spacial score (nSPS) is 11.8. The SMILES string of the molecule is CNc1nn2c(C)c(N(C)C)c(C)nc2c1S(=O)(=O)c1cccc(Cl)c1. The molecule has 0 saturated heterocycles. The van der Waals surface area contributed by atoms with Gasteiger partial charge in [-0.1, -0.05) is 17.7 Å². The Bertz CT molecular complexity index is 1110. The van der Waals surface area contributed by atoms with Crippen LogP contribution in [0, 0.1) is 13.8 Å². The van der Waals surface area contributed by atoms with Crippen LogP contribution in [0.25, 0.3) is 5.65 Å². The molecule has 0 amide bonds. The van der Waals surface area contributed by atoms with E-state index < -0.39 is 9.84 Å². The molecule has 9 heteroatoms. The van der Waals surface area contributed by atoms with E-state index in [0.717, 1.165) is 17.1 Å². The second-order valence-corrected chi connectivity index (χ2v) is 8.47. The number of sulfone groups is 1. The molecule has 26 heavy (non-hydrogen) atoms. The third-order valence-electron chi connectivity index (χ3n) is 4.15. The van der Waals surface area contributed by atoms with Crippen LogP contribution < -0.4 is 10.2 Å². The molecule has 0 radical (unpaired) electrons. The van der Waals surface area contributed by atoms with Crippen LogP contribution in [0.15, 0.2) is 34.1 Å². The Hall–Kier alpha value is -2.32. The van der Waals surface area contributed by atoms with Crippen LogP contribution in [0.2, 0.25) is 5.02 Å². The van der Waals surface area contributed by atoms with E-state index in [0.29, 0.717) is 5.02 Å². The summed E-state index contributed by atoms with van der Waals surface area (Å²) >= 11 is 5.99. The van der Waals surface area contributed by atoms with Crippen molar-refractivity contribution < 1.29 is 8.42 Å². The van der Waals surface area contributed by atoms with Gasteiger partial charge in [0.05, 0.1) is 22.0 Å². The van der Waals surface area contributed by atoms with E-state index in [9.17, 15) is 8.42 Å². The van der Waals surface area contributed by atoms with E-state index in [-0.39, 0.29) is 21.3 Å². The Morgan fingerprint density at radius 3 is 2.50 bits per heavy atom. The lowest BCUT2D eigenvalue weighted by Crippen LogP contribution is -2.16. The molecular formula is C17H20ClN5O2S. The number of halogens is 1. The summed E-state index contributed by atoms with van der Waals surface area (Å²) in [6.07, 6.45) is 0. The van der Waals surface area contributed by atoms with Gasteiger partial charge in [-0.3, -0.25) is 0 Å². The van der Waals surface area contributed by atoms with E-state index >= 15 is 0 Å². The Morgan fingerprint density at radius 2 is 1.92 bits per heavy atom. The molecule has 7 nitrogen and oxygen atoms in total. The molecule has 0 unspecified atom stereocenters. The number of rotatable bonds is 4. The average molecular weight is 394 g/mol. The molecule has 0 aliphatic rings. The van der Waals surface area contributed by atoms with E-state index in [1.165, 1.54) is 12.1 Å². The molecule has 0 saturated carbocycles. The Kier molecular flexibility index (Phi) is 4.58. The Morgan fingerprint density at radius 1 is 1.23 bits per heavy atom. The molecule has 1 N–H and O–H groups in total. The van der Waals surface area contributed by atoms with Crippen molar-refractivity contribution in [3.63, 3.8) is 0 Å². The zero-order valence-electron chi connectivity index (χ0n) is 15.2. The molecule has 0 aliphatic carbocycles. The average Bonchev–Trinajstić information content (AvgIpc) is 2.94. The highest BCUT2D eigenvalue weighted by atomic mass is 35.5. The van der Waals surface area contributed by atoms with Gasteiger partial charge in [-0.25, -0.2) is 17.9 Å². The first kappa shape index (κ1) is 18.5. The maximum atomic E-state index is 13.3. The second-order valence-electron chi connectivity index (χ2n) is 6.15.